The first-order valence-corrected chi connectivity index (χ1v) is 9.10. The van der Waals surface area contributed by atoms with Crippen LogP contribution in [0.15, 0.2) is 48.5 Å². The molecule has 7 nitrogen and oxygen atoms in total. The molecular formula is C21H23BrN3O4-. The molecule has 0 amide bonds. The number of hydrogen-bond acceptors (Lipinski definition) is 5. The molecule has 1 N–H and O–H groups in total. The van der Waals surface area contributed by atoms with Gasteiger partial charge in [0.05, 0.1) is 24.7 Å². The van der Waals surface area contributed by atoms with Gasteiger partial charge in [0.1, 0.15) is 5.75 Å². The van der Waals surface area contributed by atoms with Crippen LogP contribution >= 0.6 is 0 Å². The first-order valence-electron chi connectivity index (χ1n) is 9.10. The molecule has 0 aliphatic carbocycles. The van der Waals surface area contributed by atoms with Gasteiger partial charge in [-0.25, -0.2) is 4.79 Å². The van der Waals surface area contributed by atoms with Gasteiger partial charge in [-0.05, 0) is 42.8 Å². The van der Waals surface area contributed by atoms with Gasteiger partial charge in [0, 0.05) is 12.1 Å². The summed E-state index contributed by atoms with van der Waals surface area (Å²) in [5, 5.41) is 8.49. The standard InChI is InChI=1S/C21H23N3O4.BrH/c1-3-12-23-17-6-4-5-7-18(17)24(21(23)22)13-19(25)15-8-10-16(11-9-15)28-14-20(26)27-2;/h4-11,22H,3,12-14H2,1-2H3;1H/p-1. The number of Topliss-reactive ketones (excluding diaryl/α,β-unsaturated/α-hetero) is 1. The lowest BCUT2D eigenvalue weighted by atomic mass is 10.1. The van der Waals surface area contributed by atoms with E-state index < -0.39 is 5.97 Å². The number of ether oxygens (including phenoxy) is 2. The summed E-state index contributed by atoms with van der Waals surface area (Å²) < 4.78 is 13.5. The number of rotatable bonds is 8. The lowest BCUT2D eigenvalue weighted by molar-refractivity contribution is -0.142. The average molecular weight is 461 g/mol. The third-order valence-electron chi connectivity index (χ3n) is 4.48. The smallest absolute Gasteiger partial charge is 0.343 e. The topological polar surface area (TPSA) is 86.3 Å². The van der Waals surface area contributed by atoms with Crippen molar-refractivity contribution in [2.45, 2.75) is 26.4 Å². The summed E-state index contributed by atoms with van der Waals surface area (Å²) in [7, 11) is 1.29. The Hall–Kier alpha value is -2.87. The molecule has 154 valence electrons. The number of esters is 1. The Morgan fingerprint density at radius 2 is 1.62 bits per heavy atom. The molecule has 0 fully saturated rings. The molecule has 1 heterocycles. The molecule has 0 saturated carbocycles. The number of hydrogen-bond donors (Lipinski definition) is 1. The van der Waals surface area contributed by atoms with Crippen LogP contribution in [0.4, 0.5) is 0 Å². The molecule has 0 radical (unpaired) electrons. The summed E-state index contributed by atoms with van der Waals surface area (Å²) in [6, 6.07) is 14.3. The number of nitrogens with one attached hydrogen (secondary N) is 1. The zero-order valence-electron chi connectivity index (χ0n) is 16.4. The van der Waals surface area contributed by atoms with Crippen LogP contribution in [-0.4, -0.2) is 34.6 Å². The van der Waals surface area contributed by atoms with Gasteiger partial charge in [-0.15, -0.1) is 0 Å². The number of halogens is 1. The molecule has 0 bridgehead atoms. The van der Waals surface area contributed by atoms with E-state index in [0.717, 1.165) is 24.0 Å². The fourth-order valence-electron chi connectivity index (χ4n) is 3.08. The minimum Gasteiger partial charge on any atom is -1.00 e. The molecule has 0 aliphatic heterocycles. The molecule has 0 atom stereocenters. The molecule has 8 heteroatoms. The largest absolute Gasteiger partial charge is 1.00 e. The van der Waals surface area contributed by atoms with Crippen molar-refractivity contribution in [3.05, 3.63) is 59.7 Å². The summed E-state index contributed by atoms with van der Waals surface area (Å²) in [4.78, 5) is 23.9. The van der Waals surface area contributed by atoms with E-state index in [1.165, 1.54) is 7.11 Å². The van der Waals surface area contributed by atoms with Gasteiger partial charge in [0.15, 0.2) is 12.4 Å². The molecule has 3 aromatic rings. The highest BCUT2D eigenvalue weighted by atomic mass is 79.9. The number of ketones is 1. The highest BCUT2D eigenvalue weighted by Crippen LogP contribution is 2.16. The number of benzene rings is 2. The van der Waals surface area contributed by atoms with Crippen LogP contribution in [0.3, 0.4) is 0 Å². The first kappa shape index (κ1) is 22.4. The fraction of sp³-hybridized carbons (Fsp3) is 0.286. The van der Waals surface area contributed by atoms with E-state index in [0.29, 0.717) is 16.9 Å². The second kappa shape index (κ2) is 10.1. The van der Waals surface area contributed by atoms with Crippen molar-refractivity contribution < 1.29 is 36.0 Å². The Bertz CT molecular complexity index is 1050. The van der Waals surface area contributed by atoms with Gasteiger partial charge >= 0.3 is 5.97 Å². The molecule has 0 spiro atoms. The maximum absolute atomic E-state index is 12.8. The van der Waals surface area contributed by atoms with Crippen molar-refractivity contribution in [1.82, 2.24) is 9.13 Å². The van der Waals surface area contributed by atoms with Gasteiger partial charge in [-0.2, -0.15) is 0 Å². The number of nitrogens with zero attached hydrogens (tertiary/aromatic N) is 2. The fourth-order valence-corrected chi connectivity index (χ4v) is 3.08. The Kier molecular flexibility index (Phi) is 7.78. The van der Waals surface area contributed by atoms with Crippen molar-refractivity contribution in [3.8, 4) is 5.75 Å². The predicted octanol–water partition coefficient (Wildman–Crippen LogP) is -0.229. The number of carbonyl (C=O) groups excluding carboxylic acids is 2. The van der Waals surface area contributed by atoms with E-state index in [1.54, 1.807) is 28.8 Å². The molecule has 3 rings (SSSR count). The number of aromatic nitrogens is 2. The highest BCUT2D eigenvalue weighted by molar-refractivity contribution is 5.96. The quantitative estimate of drug-likeness (QED) is 0.371. The lowest BCUT2D eigenvalue weighted by Crippen LogP contribution is -3.00. The molecule has 1 aromatic heterocycles. The summed E-state index contributed by atoms with van der Waals surface area (Å²) in [6.07, 6.45) is 0.908. The molecular weight excluding hydrogens is 438 g/mol. The maximum atomic E-state index is 12.8. The third-order valence-corrected chi connectivity index (χ3v) is 4.48. The minimum atomic E-state index is -0.469. The van der Waals surface area contributed by atoms with Crippen LogP contribution in [0.2, 0.25) is 0 Å². The third kappa shape index (κ3) is 4.95. The van der Waals surface area contributed by atoms with E-state index in [2.05, 4.69) is 11.7 Å². The SMILES string of the molecule is CCCn1c(=N)n(CC(=O)c2ccc(OCC(=O)OC)cc2)c2ccccc21.[Br-]. The van der Waals surface area contributed by atoms with E-state index in [9.17, 15) is 9.59 Å². The van der Waals surface area contributed by atoms with Crippen molar-refractivity contribution >= 4 is 22.8 Å². The summed E-state index contributed by atoms with van der Waals surface area (Å²) in [6.45, 7) is 2.69. The van der Waals surface area contributed by atoms with Crippen molar-refractivity contribution in [2.75, 3.05) is 13.7 Å². The number of para-hydroxylation sites is 2. The van der Waals surface area contributed by atoms with Gasteiger partial charge in [0.25, 0.3) is 0 Å². The molecule has 0 unspecified atom stereocenters. The van der Waals surface area contributed by atoms with Crippen molar-refractivity contribution in [2.24, 2.45) is 0 Å². The van der Waals surface area contributed by atoms with E-state index >= 15 is 0 Å². The highest BCUT2D eigenvalue weighted by Gasteiger charge is 2.14. The van der Waals surface area contributed by atoms with E-state index in [1.807, 2.05) is 28.8 Å². The van der Waals surface area contributed by atoms with Gasteiger partial charge < -0.3 is 35.6 Å². The summed E-state index contributed by atoms with van der Waals surface area (Å²) >= 11 is 0. The van der Waals surface area contributed by atoms with E-state index in [-0.39, 0.29) is 35.9 Å². The minimum absolute atomic E-state index is 0. The second-order valence-corrected chi connectivity index (χ2v) is 6.36. The summed E-state index contributed by atoms with van der Waals surface area (Å²) in [5.41, 5.74) is 2.65. The van der Waals surface area contributed by atoms with E-state index in [4.69, 9.17) is 10.1 Å². The number of imidazole rings is 1. The number of aryl methyl sites for hydroxylation is 1. The molecule has 29 heavy (non-hydrogen) atoms. The zero-order valence-corrected chi connectivity index (χ0v) is 17.9. The number of carbonyl (C=O) groups is 2. The lowest BCUT2D eigenvalue weighted by Gasteiger charge is -2.07. The van der Waals surface area contributed by atoms with Gasteiger partial charge in [0.2, 0.25) is 5.62 Å². The average Bonchev–Trinajstić information content (AvgIpc) is 2.98. The predicted molar refractivity (Wildman–Crippen MR) is 104 cm³/mol. The molecule has 0 saturated heterocycles. The van der Waals surface area contributed by atoms with Crippen LogP contribution in [-0.2, 0) is 22.6 Å². The normalized spacial score (nSPS) is 10.4. The van der Waals surface area contributed by atoms with Crippen LogP contribution in [0, 0.1) is 5.41 Å². The molecule has 2 aromatic carbocycles. The van der Waals surface area contributed by atoms with Gasteiger partial charge in [-0.1, -0.05) is 19.1 Å². The van der Waals surface area contributed by atoms with Crippen molar-refractivity contribution in [3.63, 3.8) is 0 Å². The van der Waals surface area contributed by atoms with Crippen LogP contribution < -0.4 is 27.3 Å². The van der Waals surface area contributed by atoms with Crippen LogP contribution in [0.1, 0.15) is 23.7 Å². The number of methoxy groups -OCH3 is 1. The Balaban J connectivity index is 0.00000300. The zero-order chi connectivity index (χ0) is 20.1. The first-order chi connectivity index (χ1) is 13.5. The molecule has 0 aliphatic rings. The Morgan fingerprint density at radius 3 is 2.21 bits per heavy atom. The Labute approximate surface area is 179 Å². The van der Waals surface area contributed by atoms with Gasteiger partial charge in [-0.3, -0.25) is 10.2 Å². The monoisotopic (exact) mass is 460 g/mol. The van der Waals surface area contributed by atoms with Crippen molar-refractivity contribution in [1.29, 1.82) is 5.41 Å². The maximum Gasteiger partial charge on any atom is 0.343 e. The van der Waals surface area contributed by atoms with Crippen LogP contribution in [0.5, 0.6) is 5.75 Å². The second-order valence-electron chi connectivity index (χ2n) is 6.36. The number of fused-ring (bicyclic) bond motifs is 1. The Morgan fingerprint density at radius 1 is 1.00 bits per heavy atom. The summed E-state index contributed by atoms with van der Waals surface area (Å²) in [5.74, 6) is -0.0873. The van der Waals surface area contributed by atoms with Crippen LogP contribution in [0.25, 0.3) is 11.0 Å².